The summed E-state index contributed by atoms with van der Waals surface area (Å²) in [5.41, 5.74) is 1.05. The summed E-state index contributed by atoms with van der Waals surface area (Å²) in [7, 11) is 0. The van der Waals surface area contributed by atoms with Gasteiger partial charge in [-0.3, -0.25) is 0 Å². The van der Waals surface area contributed by atoms with Gasteiger partial charge in [0.2, 0.25) is 0 Å². The van der Waals surface area contributed by atoms with E-state index in [1.165, 1.54) is 36.5 Å². The standard InChI is InChI=1S/C17H20OS/c18-17(12-19-16-7-3-4-8-16)15-10-9-13-5-1-2-6-14(13)11-15/h1-2,5-6,9-11,16-18H,3-4,7-8,12H2. The molecule has 1 unspecified atom stereocenters. The van der Waals surface area contributed by atoms with E-state index in [0.717, 1.165) is 16.6 Å². The Morgan fingerprint density at radius 1 is 1.05 bits per heavy atom. The summed E-state index contributed by atoms with van der Waals surface area (Å²) in [5.74, 6) is 0.822. The molecular weight excluding hydrogens is 252 g/mol. The van der Waals surface area contributed by atoms with Crippen molar-refractivity contribution in [1.29, 1.82) is 0 Å². The summed E-state index contributed by atoms with van der Waals surface area (Å²) in [6.07, 6.45) is 5.05. The molecule has 0 amide bonds. The quantitative estimate of drug-likeness (QED) is 0.881. The van der Waals surface area contributed by atoms with Gasteiger partial charge in [0.05, 0.1) is 6.10 Å². The molecule has 1 aliphatic carbocycles. The Morgan fingerprint density at radius 2 is 1.79 bits per heavy atom. The molecule has 0 heterocycles. The third-order valence-corrected chi connectivity index (χ3v) is 5.40. The van der Waals surface area contributed by atoms with Crippen LogP contribution >= 0.6 is 11.8 Å². The highest BCUT2D eigenvalue weighted by molar-refractivity contribution is 7.99. The summed E-state index contributed by atoms with van der Waals surface area (Å²) >= 11 is 1.94. The summed E-state index contributed by atoms with van der Waals surface area (Å²) in [4.78, 5) is 0. The van der Waals surface area contributed by atoms with Crippen LogP contribution in [-0.4, -0.2) is 16.1 Å². The first-order valence-corrected chi connectivity index (χ1v) is 8.16. The molecule has 0 spiro atoms. The normalized spacial score (nSPS) is 17.9. The zero-order chi connectivity index (χ0) is 13.1. The summed E-state index contributed by atoms with van der Waals surface area (Å²) < 4.78 is 0. The van der Waals surface area contributed by atoms with Crippen molar-refractivity contribution < 1.29 is 5.11 Å². The Kier molecular flexibility index (Phi) is 4.09. The number of aliphatic hydroxyl groups excluding tert-OH is 1. The minimum Gasteiger partial charge on any atom is -0.388 e. The van der Waals surface area contributed by atoms with Gasteiger partial charge in [-0.2, -0.15) is 11.8 Å². The first-order chi connectivity index (χ1) is 9.33. The van der Waals surface area contributed by atoms with Crippen molar-refractivity contribution >= 4 is 22.5 Å². The lowest BCUT2D eigenvalue weighted by atomic mass is 10.0. The van der Waals surface area contributed by atoms with Gasteiger partial charge in [-0.1, -0.05) is 49.2 Å². The second kappa shape index (κ2) is 5.98. The predicted octanol–water partition coefficient (Wildman–Crippen LogP) is 4.55. The maximum atomic E-state index is 10.3. The molecule has 0 bridgehead atoms. The fourth-order valence-corrected chi connectivity index (χ4v) is 4.11. The van der Waals surface area contributed by atoms with Crippen molar-refractivity contribution in [1.82, 2.24) is 0 Å². The van der Waals surface area contributed by atoms with E-state index in [-0.39, 0.29) is 6.10 Å². The van der Waals surface area contributed by atoms with Gasteiger partial charge < -0.3 is 5.11 Å². The fraction of sp³-hybridized carbons (Fsp3) is 0.412. The van der Waals surface area contributed by atoms with Crippen LogP contribution in [-0.2, 0) is 0 Å². The number of benzene rings is 2. The first kappa shape index (κ1) is 13.0. The van der Waals surface area contributed by atoms with Crippen LogP contribution in [0.3, 0.4) is 0 Å². The van der Waals surface area contributed by atoms with E-state index < -0.39 is 0 Å². The number of hydrogen-bond acceptors (Lipinski definition) is 2. The Bertz CT molecular complexity index is 546. The van der Waals surface area contributed by atoms with Crippen LogP contribution in [0, 0.1) is 0 Å². The highest BCUT2D eigenvalue weighted by Crippen LogP contribution is 2.32. The maximum absolute atomic E-state index is 10.3. The van der Waals surface area contributed by atoms with E-state index in [1.54, 1.807) is 0 Å². The molecular formula is C17H20OS. The molecule has 0 aliphatic heterocycles. The van der Waals surface area contributed by atoms with Gasteiger partial charge in [0.15, 0.2) is 0 Å². The van der Waals surface area contributed by atoms with Crippen molar-refractivity contribution in [3.8, 4) is 0 Å². The lowest BCUT2D eigenvalue weighted by Crippen LogP contribution is -2.04. The molecule has 19 heavy (non-hydrogen) atoms. The van der Waals surface area contributed by atoms with E-state index in [1.807, 2.05) is 23.9 Å². The molecule has 100 valence electrons. The number of rotatable bonds is 4. The number of fused-ring (bicyclic) bond motifs is 1. The van der Waals surface area contributed by atoms with E-state index in [2.05, 4.69) is 30.3 Å². The molecule has 1 atom stereocenters. The van der Waals surface area contributed by atoms with E-state index in [4.69, 9.17) is 0 Å². The van der Waals surface area contributed by atoms with Crippen LogP contribution in [0.2, 0.25) is 0 Å². The largest absolute Gasteiger partial charge is 0.388 e. The molecule has 2 aromatic carbocycles. The SMILES string of the molecule is OC(CSC1CCCC1)c1ccc2ccccc2c1. The molecule has 1 aliphatic rings. The topological polar surface area (TPSA) is 20.2 Å². The van der Waals surface area contributed by atoms with Crippen LogP contribution in [0.15, 0.2) is 42.5 Å². The Morgan fingerprint density at radius 3 is 2.58 bits per heavy atom. The van der Waals surface area contributed by atoms with Crippen molar-refractivity contribution in [3.05, 3.63) is 48.0 Å². The first-order valence-electron chi connectivity index (χ1n) is 7.11. The molecule has 0 aromatic heterocycles. The van der Waals surface area contributed by atoms with Gasteiger partial charge in [0, 0.05) is 11.0 Å². The second-order valence-corrected chi connectivity index (χ2v) is 6.70. The van der Waals surface area contributed by atoms with Crippen LogP contribution in [0.5, 0.6) is 0 Å². The molecule has 2 heteroatoms. The van der Waals surface area contributed by atoms with E-state index >= 15 is 0 Å². The third kappa shape index (κ3) is 3.13. The minimum atomic E-state index is -0.338. The molecule has 2 aromatic rings. The van der Waals surface area contributed by atoms with E-state index in [0.29, 0.717) is 0 Å². The molecule has 1 fully saturated rings. The molecule has 0 radical (unpaired) electrons. The van der Waals surface area contributed by atoms with Gasteiger partial charge in [0.25, 0.3) is 0 Å². The minimum absolute atomic E-state index is 0.338. The maximum Gasteiger partial charge on any atom is 0.0880 e. The second-order valence-electron chi connectivity index (χ2n) is 5.36. The van der Waals surface area contributed by atoms with Crippen LogP contribution < -0.4 is 0 Å². The smallest absolute Gasteiger partial charge is 0.0880 e. The van der Waals surface area contributed by atoms with Gasteiger partial charge in [-0.25, -0.2) is 0 Å². The predicted molar refractivity (Wildman–Crippen MR) is 83.6 cm³/mol. The summed E-state index contributed by atoms with van der Waals surface area (Å²) in [5, 5.41) is 13.5. The van der Waals surface area contributed by atoms with E-state index in [9.17, 15) is 5.11 Å². The number of thioether (sulfide) groups is 1. The van der Waals surface area contributed by atoms with Crippen molar-refractivity contribution in [3.63, 3.8) is 0 Å². The lowest BCUT2D eigenvalue weighted by Gasteiger charge is -2.14. The molecule has 1 nitrogen and oxygen atoms in total. The zero-order valence-corrected chi connectivity index (χ0v) is 11.9. The Balaban J connectivity index is 1.68. The Labute approximate surface area is 119 Å². The average Bonchev–Trinajstić information content (AvgIpc) is 2.97. The highest BCUT2D eigenvalue weighted by Gasteiger charge is 2.17. The third-order valence-electron chi connectivity index (χ3n) is 3.95. The van der Waals surface area contributed by atoms with Crippen molar-refractivity contribution in [2.24, 2.45) is 0 Å². The van der Waals surface area contributed by atoms with Gasteiger partial charge >= 0.3 is 0 Å². The van der Waals surface area contributed by atoms with Gasteiger partial charge in [-0.05, 0) is 35.2 Å². The zero-order valence-electron chi connectivity index (χ0n) is 11.1. The molecule has 3 rings (SSSR count). The van der Waals surface area contributed by atoms with Crippen LogP contribution in [0.25, 0.3) is 10.8 Å². The molecule has 1 N–H and O–H groups in total. The fourth-order valence-electron chi connectivity index (χ4n) is 2.79. The molecule has 1 saturated carbocycles. The van der Waals surface area contributed by atoms with Crippen LogP contribution in [0.4, 0.5) is 0 Å². The van der Waals surface area contributed by atoms with Crippen molar-refractivity contribution in [2.75, 3.05) is 5.75 Å². The number of aliphatic hydroxyl groups is 1. The lowest BCUT2D eigenvalue weighted by molar-refractivity contribution is 0.204. The Hall–Kier alpha value is -0.990. The summed E-state index contributed by atoms with van der Waals surface area (Å²) in [6.45, 7) is 0. The van der Waals surface area contributed by atoms with Crippen LogP contribution in [0.1, 0.15) is 37.4 Å². The molecule has 0 saturated heterocycles. The van der Waals surface area contributed by atoms with Crippen molar-refractivity contribution in [2.45, 2.75) is 37.0 Å². The average molecular weight is 272 g/mol. The summed E-state index contributed by atoms with van der Waals surface area (Å²) in [6, 6.07) is 14.6. The number of hydrogen-bond donors (Lipinski definition) is 1. The monoisotopic (exact) mass is 272 g/mol. The highest BCUT2D eigenvalue weighted by atomic mass is 32.2. The van der Waals surface area contributed by atoms with Gasteiger partial charge in [0.1, 0.15) is 0 Å². The van der Waals surface area contributed by atoms with Gasteiger partial charge in [-0.15, -0.1) is 0 Å².